The van der Waals surface area contributed by atoms with Crippen LogP contribution in [0.25, 0.3) is 0 Å². The highest BCUT2D eigenvalue weighted by atomic mass is 15.1. The van der Waals surface area contributed by atoms with E-state index in [2.05, 4.69) is 18.7 Å². The van der Waals surface area contributed by atoms with E-state index in [1.807, 2.05) is 0 Å². The molecule has 0 atom stereocenters. The molecule has 1 fully saturated rings. The van der Waals surface area contributed by atoms with Crippen LogP contribution in [-0.2, 0) is 0 Å². The molecule has 1 saturated carbocycles. The minimum atomic E-state index is 1.20. The fourth-order valence-electron chi connectivity index (χ4n) is 2.12. The quantitative estimate of drug-likeness (QED) is 0.585. The lowest BCUT2D eigenvalue weighted by Gasteiger charge is -2.27. The molecule has 0 N–H and O–H groups in total. The van der Waals surface area contributed by atoms with Crippen LogP contribution in [0.2, 0.25) is 0 Å². The van der Waals surface area contributed by atoms with E-state index < -0.39 is 0 Å². The Morgan fingerprint density at radius 3 is 1.83 bits per heavy atom. The van der Waals surface area contributed by atoms with E-state index in [-0.39, 0.29) is 0 Å². The topological polar surface area (TPSA) is 3.24 Å². The van der Waals surface area contributed by atoms with Gasteiger partial charge in [-0.2, -0.15) is 0 Å². The Labute approximate surface area is 77.1 Å². The summed E-state index contributed by atoms with van der Waals surface area (Å²) in [6.07, 6.45) is 8.47. The zero-order chi connectivity index (χ0) is 8.81. The van der Waals surface area contributed by atoms with Crippen molar-refractivity contribution in [1.29, 1.82) is 0 Å². The van der Waals surface area contributed by atoms with Gasteiger partial charge in [-0.15, -0.1) is 0 Å². The normalized spacial score (nSPS) is 21.2. The fraction of sp³-hybridized carbons (Fsp3) is 0.909. The molecule has 0 aromatic heterocycles. The summed E-state index contributed by atoms with van der Waals surface area (Å²) < 4.78 is 0. The van der Waals surface area contributed by atoms with Crippen LogP contribution in [0.3, 0.4) is 0 Å². The minimum absolute atomic E-state index is 1.20. The molecular formula is C11H22N. The number of hydrogen-bond donors (Lipinski definition) is 0. The van der Waals surface area contributed by atoms with E-state index in [1.165, 1.54) is 51.6 Å². The molecule has 12 heavy (non-hydrogen) atoms. The first kappa shape index (κ1) is 10.0. The second-order valence-corrected chi connectivity index (χ2v) is 3.65. The average Bonchev–Trinajstić information content (AvgIpc) is 2.35. The molecule has 1 rings (SSSR count). The molecule has 0 saturated heterocycles. The number of rotatable bonds is 3. The lowest BCUT2D eigenvalue weighted by molar-refractivity contribution is 0.286. The summed E-state index contributed by atoms with van der Waals surface area (Å²) in [6.45, 7) is 6.93. The second kappa shape index (κ2) is 5.58. The summed E-state index contributed by atoms with van der Waals surface area (Å²) >= 11 is 0. The van der Waals surface area contributed by atoms with Gasteiger partial charge in [0.05, 0.1) is 0 Å². The van der Waals surface area contributed by atoms with E-state index in [9.17, 15) is 0 Å². The van der Waals surface area contributed by atoms with Gasteiger partial charge in [0, 0.05) is 6.04 Å². The first-order valence-electron chi connectivity index (χ1n) is 5.48. The predicted molar refractivity (Wildman–Crippen MR) is 53.9 cm³/mol. The molecule has 0 aromatic rings. The molecule has 71 valence electrons. The Bertz CT molecular complexity index is 99.6. The molecular weight excluding hydrogens is 146 g/mol. The maximum Gasteiger partial charge on any atom is 0.0392 e. The van der Waals surface area contributed by atoms with Crippen molar-refractivity contribution in [2.45, 2.75) is 52.4 Å². The van der Waals surface area contributed by atoms with Gasteiger partial charge in [-0.25, -0.2) is 0 Å². The first-order valence-corrected chi connectivity index (χ1v) is 5.48. The molecule has 0 amide bonds. The van der Waals surface area contributed by atoms with Crippen molar-refractivity contribution < 1.29 is 0 Å². The van der Waals surface area contributed by atoms with Crippen LogP contribution in [0.15, 0.2) is 0 Å². The summed E-state index contributed by atoms with van der Waals surface area (Å²) in [4.78, 5) is 2.55. The van der Waals surface area contributed by atoms with Crippen LogP contribution < -0.4 is 0 Å². The molecule has 1 nitrogen and oxygen atoms in total. The van der Waals surface area contributed by atoms with Gasteiger partial charge < -0.3 is 0 Å². The Balaban J connectivity index is 2.35. The van der Waals surface area contributed by atoms with Gasteiger partial charge in [-0.3, -0.25) is 4.90 Å². The van der Waals surface area contributed by atoms with Crippen LogP contribution in [0.5, 0.6) is 0 Å². The van der Waals surface area contributed by atoms with Gasteiger partial charge in [-0.1, -0.05) is 39.5 Å². The van der Waals surface area contributed by atoms with Crippen LogP contribution in [-0.4, -0.2) is 18.0 Å². The summed E-state index contributed by atoms with van der Waals surface area (Å²) in [5.41, 5.74) is 0. The average molecular weight is 168 g/mol. The van der Waals surface area contributed by atoms with Crippen molar-refractivity contribution in [3.05, 3.63) is 6.04 Å². The third kappa shape index (κ3) is 2.78. The van der Waals surface area contributed by atoms with Gasteiger partial charge in [0.1, 0.15) is 0 Å². The molecule has 1 radical (unpaired) electrons. The van der Waals surface area contributed by atoms with Crippen LogP contribution in [0, 0.1) is 6.04 Å². The van der Waals surface area contributed by atoms with E-state index in [1.54, 1.807) is 6.04 Å². The minimum Gasteiger partial charge on any atom is -0.296 e. The third-order valence-corrected chi connectivity index (χ3v) is 2.89. The number of nitrogens with zero attached hydrogens (tertiary/aromatic N) is 1. The highest BCUT2D eigenvalue weighted by Crippen LogP contribution is 2.27. The number of hydrogen-bond acceptors (Lipinski definition) is 1. The second-order valence-electron chi connectivity index (χ2n) is 3.65. The van der Waals surface area contributed by atoms with Crippen molar-refractivity contribution in [2.24, 2.45) is 0 Å². The molecule has 0 aromatic carbocycles. The van der Waals surface area contributed by atoms with Crippen molar-refractivity contribution in [1.82, 2.24) is 4.90 Å². The Kier molecular flexibility index (Phi) is 4.67. The summed E-state index contributed by atoms with van der Waals surface area (Å²) in [5.74, 6) is 0. The molecule has 0 heterocycles. The molecule has 0 aliphatic heterocycles. The largest absolute Gasteiger partial charge is 0.296 e. The summed E-state index contributed by atoms with van der Waals surface area (Å²) in [7, 11) is 0. The summed E-state index contributed by atoms with van der Waals surface area (Å²) in [6, 6.07) is 1.72. The predicted octanol–water partition coefficient (Wildman–Crippen LogP) is 3.21. The maximum atomic E-state index is 2.55. The van der Waals surface area contributed by atoms with Crippen LogP contribution >= 0.6 is 0 Å². The standard InChI is InChI=1S/C11H22N/c1-3-12(4-2)11-9-7-5-6-8-10-11/h3-10H2,1-2H3. The SMILES string of the molecule is CCN(CC)[C]1CCCCCC1. The highest BCUT2D eigenvalue weighted by molar-refractivity contribution is 4.90. The van der Waals surface area contributed by atoms with Crippen molar-refractivity contribution in [2.75, 3.05) is 13.1 Å². The van der Waals surface area contributed by atoms with Crippen LogP contribution in [0.1, 0.15) is 52.4 Å². The van der Waals surface area contributed by atoms with Gasteiger partial charge in [0.25, 0.3) is 0 Å². The zero-order valence-electron chi connectivity index (χ0n) is 8.60. The van der Waals surface area contributed by atoms with Crippen molar-refractivity contribution in [3.63, 3.8) is 0 Å². The fourth-order valence-corrected chi connectivity index (χ4v) is 2.12. The van der Waals surface area contributed by atoms with Crippen molar-refractivity contribution >= 4 is 0 Å². The lowest BCUT2D eigenvalue weighted by atomic mass is 10.1. The zero-order valence-corrected chi connectivity index (χ0v) is 8.60. The Hall–Kier alpha value is -0.0400. The molecule has 0 spiro atoms. The molecule has 1 heteroatoms. The van der Waals surface area contributed by atoms with E-state index in [0.29, 0.717) is 0 Å². The van der Waals surface area contributed by atoms with E-state index in [4.69, 9.17) is 0 Å². The molecule has 1 aliphatic carbocycles. The smallest absolute Gasteiger partial charge is 0.0392 e. The third-order valence-electron chi connectivity index (χ3n) is 2.89. The molecule has 0 unspecified atom stereocenters. The Morgan fingerprint density at radius 1 is 0.917 bits per heavy atom. The van der Waals surface area contributed by atoms with Crippen LogP contribution in [0.4, 0.5) is 0 Å². The highest BCUT2D eigenvalue weighted by Gasteiger charge is 2.17. The van der Waals surface area contributed by atoms with Crippen molar-refractivity contribution in [3.8, 4) is 0 Å². The van der Waals surface area contributed by atoms with E-state index in [0.717, 1.165) is 0 Å². The monoisotopic (exact) mass is 168 g/mol. The maximum absolute atomic E-state index is 2.55. The van der Waals surface area contributed by atoms with Gasteiger partial charge in [-0.05, 0) is 25.9 Å². The molecule has 1 aliphatic rings. The van der Waals surface area contributed by atoms with E-state index >= 15 is 0 Å². The van der Waals surface area contributed by atoms with Gasteiger partial charge in [0.15, 0.2) is 0 Å². The van der Waals surface area contributed by atoms with Gasteiger partial charge >= 0.3 is 0 Å². The lowest BCUT2D eigenvalue weighted by Crippen LogP contribution is -2.27. The molecule has 0 bridgehead atoms. The van der Waals surface area contributed by atoms with Gasteiger partial charge in [0.2, 0.25) is 0 Å². The Morgan fingerprint density at radius 2 is 1.42 bits per heavy atom. The summed E-state index contributed by atoms with van der Waals surface area (Å²) in [5, 5.41) is 0. The first-order chi connectivity index (χ1) is 5.88.